The molecule has 0 bridgehead atoms. The Kier molecular flexibility index (Phi) is 6.20. The molecule has 1 saturated heterocycles. The van der Waals surface area contributed by atoms with Gasteiger partial charge < -0.3 is 15.3 Å². The first kappa shape index (κ1) is 22.3. The number of hydrogen-bond donors (Lipinski definition) is 2. The first-order valence-electron chi connectivity index (χ1n) is 11.9. The van der Waals surface area contributed by atoms with E-state index in [9.17, 15) is 9.50 Å². The monoisotopic (exact) mass is 459 g/mol. The number of rotatable bonds is 6. The maximum absolute atomic E-state index is 13.7. The lowest BCUT2D eigenvalue weighted by atomic mass is 9.88. The molecule has 1 aliphatic carbocycles. The van der Waals surface area contributed by atoms with E-state index in [1.54, 1.807) is 18.3 Å². The van der Waals surface area contributed by atoms with Crippen LogP contribution in [0.1, 0.15) is 44.2 Å². The zero-order chi connectivity index (χ0) is 23.7. The number of halogens is 1. The molecule has 3 aromatic rings. The van der Waals surface area contributed by atoms with Crippen molar-refractivity contribution in [1.82, 2.24) is 19.7 Å². The minimum absolute atomic E-state index is 0.110. The van der Waals surface area contributed by atoms with Crippen molar-refractivity contribution in [3.63, 3.8) is 0 Å². The van der Waals surface area contributed by atoms with Crippen LogP contribution in [0.15, 0.2) is 72.9 Å². The molecule has 1 aromatic carbocycles. The van der Waals surface area contributed by atoms with Crippen LogP contribution in [0, 0.1) is 5.82 Å². The van der Waals surface area contributed by atoms with E-state index in [1.165, 1.54) is 17.7 Å². The number of aromatic nitrogens is 3. The van der Waals surface area contributed by atoms with Gasteiger partial charge in [-0.2, -0.15) is 0 Å². The molecule has 1 atom stereocenters. The maximum atomic E-state index is 13.7. The highest BCUT2D eigenvalue weighted by Gasteiger charge is 2.27. The topological polar surface area (TPSA) is 65.7 Å². The molecule has 176 valence electrons. The van der Waals surface area contributed by atoms with Crippen molar-refractivity contribution in [1.29, 1.82) is 0 Å². The van der Waals surface area contributed by atoms with E-state index in [2.05, 4.69) is 45.3 Å². The quantitative estimate of drug-likeness (QED) is 0.547. The van der Waals surface area contributed by atoms with Gasteiger partial charge in [-0.15, -0.1) is 0 Å². The second kappa shape index (κ2) is 9.43. The first-order valence-corrected chi connectivity index (χ1v) is 11.9. The number of hydrogen-bond acceptors (Lipinski definition) is 5. The molecule has 5 rings (SSSR count). The lowest BCUT2D eigenvalue weighted by Crippen LogP contribution is -2.36. The summed E-state index contributed by atoms with van der Waals surface area (Å²) in [7, 11) is 0. The molecule has 0 saturated carbocycles. The summed E-state index contributed by atoms with van der Waals surface area (Å²) < 4.78 is 15.9. The average Bonchev–Trinajstić information content (AvgIpc) is 3.25. The number of anilines is 1. The SMILES string of the molecule is C=CNC1=CCC(c2c(-c3ccc(F)cc3)nc3c(N4CCC(O)CC4)nccn23)C=C1CC. The molecule has 0 spiro atoms. The predicted octanol–water partition coefficient (Wildman–Crippen LogP) is 4.94. The molecular formula is C27H30FN5O. The van der Waals surface area contributed by atoms with E-state index in [0.29, 0.717) is 0 Å². The van der Waals surface area contributed by atoms with Gasteiger partial charge in [0.05, 0.1) is 17.5 Å². The van der Waals surface area contributed by atoms with Crippen molar-refractivity contribution in [2.45, 2.75) is 44.6 Å². The molecule has 2 N–H and O–H groups in total. The van der Waals surface area contributed by atoms with Gasteiger partial charge in [0.1, 0.15) is 5.82 Å². The van der Waals surface area contributed by atoms with Crippen LogP contribution in [0.3, 0.4) is 0 Å². The molecule has 1 fully saturated rings. The van der Waals surface area contributed by atoms with Crippen molar-refractivity contribution in [3.05, 3.63) is 84.4 Å². The predicted molar refractivity (Wildman–Crippen MR) is 133 cm³/mol. The lowest BCUT2D eigenvalue weighted by Gasteiger charge is -2.30. The second-order valence-electron chi connectivity index (χ2n) is 8.87. The largest absolute Gasteiger partial charge is 0.393 e. The molecule has 0 amide bonds. The van der Waals surface area contributed by atoms with Crippen LogP contribution in [-0.4, -0.2) is 38.7 Å². The lowest BCUT2D eigenvalue weighted by molar-refractivity contribution is 0.145. The van der Waals surface area contributed by atoms with Crippen molar-refractivity contribution < 1.29 is 9.50 Å². The molecule has 7 heteroatoms. The van der Waals surface area contributed by atoms with Crippen LogP contribution in [0.4, 0.5) is 10.2 Å². The third-order valence-corrected chi connectivity index (χ3v) is 6.76. The Morgan fingerprint density at radius 3 is 2.71 bits per heavy atom. The van der Waals surface area contributed by atoms with E-state index < -0.39 is 0 Å². The standard InChI is InChI=1S/C27H30FN5O/c1-3-18-17-20(7-10-23(18)29-4-2)25-24(19-5-8-21(28)9-6-19)31-27-26(30-13-16-33(25)27)32-14-11-22(34)12-15-32/h4-6,8-10,13,16-17,20,22,29,34H,2-3,7,11-12,14-15H2,1H3. The number of fused-ring (bicyclic) bond motifs is 1. The summed E-state index contributed by atoms with van der Waals surface area (Å²) in [5.41, 5.74) is 5.92. The van der Waals surface area contributed by atoms with E-state index in [-0.39, 0.29) is 17.8 Å². The van der Waals surface area contributed by atoms with Crippen LogP contribution in [0.2, 0.25) is 0 Å². The molecule has 3 heterocycles. The highest BCUT2D eigenvalue weighted by atomic mass is 19.1. The number of benzene rings is 1. The van der Waals surface area contributed by atoms with Crippen LogP contribution in [0.25, 0.3) is 16.9 Å². The summed E-state index contributed by atoms with van der Waals surface area (Å²) in [6.45, 7) is 7.43. The highest BCUT2D eigenvalue weighted by Crippen LogP contribution is 2.38. The van der Waals surface area contributed by atoms with Crippen molar-refractivity contribution in [3.8, 4) is 11.3 Å². The van der Waals surface area contributed by atoms with Crippen LogP contribution in [0.5, 0.6) is 0 Å². The Morgan fingerprint density at radius 1 is 1.24 bits per heavy atom. The number of piperidine rings is 1. The van der Waals surface area contributed by atoms with Crippen LogP contribution < -0.4 is 10.2 Å². The van der Waals surface area contributed by atoms with Gasteiger partial charge in [0, 0.05) is 42.7 Å². The fourth-order valence-corrected chi connectivity index (χ4v) is 4.99. The summed E-state index contributed by atoms with van der Waals surface area (Å²) in [5, 5.41) is 13.2. The van der Waals surface area contributed by atoms with E-state index >= 15 is 0 Å². The Hall–Kier alpha value is -3.45. The molecule has 2 aliphatic rings. The maximum Gasteiger partial charge on any atom is 0.181 e. The fourth-order valence-electron chi connectivity index (χ4n) is 4.99. The molecule has 34 heavy (non-hydrogen) atoms. The average molecular weight is 460 g/mol. The smallest absolute Gasteiger partial charge is 0.181 e. The minimum Gasteiger partial charge on any atom is -0.393 e. The summed E-state index contributed by atoms with van der Waals surface area (Å²) in [4.78, 5) is 12.0. The molecule has 1 aliphatic heterocycles. The van der Waals surface area contributed by atoms with Crippen molar-refractivity contribution in [2.75, 3.05) is 18.0 Å². The van der Waals surface area contributed by atoms with Gasteiger partial charge in [-0.05, 0) is 61.7 Å². The number of imidazole rings is 1. The van der Waals surface area contributed by atoms with Gasteiger partial charge in [0.15, 0.2) is 11.5 Å². The molecule has 0 radical (unpaired) electrons. The Morgan fingerprint density at radius 2 is 2.00 bits per heavy atom. The number of aliphatic hydroxyl groups is 1. The minimum atomic E-state index is -0.266. The number of nitrogens with one attached hydrogen (secondary N) is 1. The Bertz CT molecular complexity index is 1250. The molecule has 2 aromatic heterocycles. The van der Waals surface area contributed by atoms with Gasteiger partial charge in [0.25, 0.3) is 0 Å². The van der Waals surface area contributed by atoms with Gasteiger partial charge in [-0.3, -0.25) is 4.40 Å². The molecule has 1 unspecified atom stereocenters. The summed E-state index contributed by atoms with van der Waals surface area (Å²) in [5.74, 6) is 0.667. The normalized spacial score (nSPS) is 19.1. The third-order valence-electron chi connectivity index (χ3n) is 6.76. The van der Waals surface area contributed by atoms with Crippen LogP contribution in [-0.2, 0) is 0 Å². The number of aliphatic hydroxyl groups excluding tert-OH is 1. The van der Waals surface area contributed by atoms with Gasteiger partial charge >= 0.3 is 0 Å². The summed E-state index contributed by atoms with van der Waals surface area (Å²) in [6, 6.07) is 6.54. The van der Waals surface area contributed by atoms with Crippen molar-refractivity contribution in [2.24, 2.45) is 0 Å². The molecular weight excluding hydrogens is 429 g/mol. The Balaban J connectivity index is 1.66. The number of allylic oxidation sites excluding steroid dienone is 3. The van der Waals surface area contributed by atoms with E-state index in [4.69, 9.17) is 4.98 Å². The first-order chi connectivity index (χ1) is 16.6. The van der Waals surface area contributed by atoms with Crippen LogP contribution >= 0.6 is 0 Å². The second-order valence-corrected chi connectivity index (χ2v) is 8.87. The van der Waals surface area contributed by atoms with E-state index in [0.717, 1.165) is 72.9 Å². The highest BCUT2D eigenvalue weighted by molar-refractivity contribution is 5.74. The third kappa shape index (κ3) is 4.12. The van der Waals surface area contributed by atoms with Gasteiger partial charge in [-0.1, -0.05) is 25.7 Å². The zero-order valence-corrected chi connectivity index (χ0v) is 19.4. The van der Waals surface area contributed by atoms with Gasteiger partial charge in [-0.25, -0.2) is 14.4 Å². The molecule has 6 nitrogen and oxygen atoms in total. The fraction of sp³-hybridized carbons (Fsp3) is 0.333. The van der Waals surface area contributed by atoms with Gasteiger partial charge in [0.2, 0.25) is 0 Å². The summed E-state index contributed by atoms with van der Waals surface area (Å²) in [6.07, 6.45) is 12.9. The van der Waals surface area contributed by atoms with Crippen molar-refractivity contribution >= 4 is 11.5 Å². The zero-order valence-electron chi connectivity index (χ0n) is 19.4. The Labute approximate surface area is 199 Å². The summed E-state index contributed by atoms with van der Waals surface area (Å²) >= 11 is 0. The number of nitrogens with zero attached hydrogens (tertiary/aromatic N) is 4. The van der Waals surface area contributed by atoms with E-state index in [1.807, 2.05) is 12.4 Å².